The summed E-state index contributed by atoms with van der Waals surface area (Å²) in [6.07, 6.45) is 0. The molecule has 2 aliphatic heterocycles. The van der Waals surface area contributed by atoms with Crippen LogP contribution in [0.1, 0.15) is 31.3 Å². The van der Waals surface area contributed by atoms with Crippen LogP contribution in [-0.4, -0.2) is 99.8 Å². The summed E-state index contributed by atoms with van der Waals surface area (Å²) in [5.74, 6) is -0.145. The van der Waals surface area contributed by atoms with E-state index in [-0.39, 0.29) is 18.5 Å². The van der Waals surface area contributed by atoms with Gasteiger partial charge in [-0.15, -0.1) is 0 Å². The Morgan fingerprint density at radius 2 is 1.64 bits per heavy atom. The van der Waals surface area contributed by atoms with Gasteiger partial charge in [-0.3, -0.25) is 19.3 Å². The van der Waals surface area contributed by atoms with E-state index in [1.54, 1.807) is 4.90 Å². The van der Waals surface area contributed by atoms with Crippen LogP contribution in [0.5, 0.6) is 0 Å². The van der Waals surface area contributed by atoms with Gasteiger partial charge in [0, 0.05) is 51.4 Å². The monoisotopic (exact) mass is 454 g/mol. The molecule has 10 nitrogen and oxygen atoms in total. The van der Waals surface area contributed by atoms with E-state index in [0.29, 0.717) is 57.5 Å². The molecule has 0 radical (unpaired) electrons. The second-order valence-electron chi connectivity index (χ2n) is 8.53. The lowest BCUT2D eigenvalue weighted by molar-refractivity contribution is -0.157. The number of hydrogen-bond donors (Lipinski definition) is 0. The van der Waals surface area contributed by atoms with Crippen LogP contribution in [0.25, 0.3) is 11.4 Å². The van der Waals surface area contributed by atoms with Crippen LogP contribution in [0.3, 0.4) is 0 Å². The van der Waals surface area contributed by atoms with Gasteiger partial charge in [0.15, 0.2) is 0 Å². The summed E-state index contributed by atoms with van der Waals surface area (Å²) >= 11 is 0. The number of hydrogen-bond acceptors (Lipinski definition) is 7. The molecule has 3 amide bonds. The highest BCUT2D eigenvalue weighted by Gasteiger charge is 2.34. The topological polar surface area (TPSA) is 103 Å². The average Bonchev–Trinajstić information content (AvgIpc) is 3.32. The third kappa shape index (κ3) is 4.90. The number of nitrogens with zero attached hydrogens (tertiary/aromatic N) is 6. The molecule has 4 rings (SSSR count). The average molecular weight is 455 g/mol. The van der Waals surface area contributed by atoms with E-state index in [1.165, 1.54) is 15.4 Å². The van der Waals surface area contributed by atoms with Gasteiger partial charge < -0.3 is 19.2 Å². The normalized spacial score (nSPS) is 18.7. The second-order valence-corrected chi connectivity index (χ2v) is 8.53. The molecular weight excluding hydrogens is 424 g/mol. The Hall–Kier alpha value is -3.27. The Labute approximate surface area is 193 Å². The Morgan fingerprint density at radius 1 is 1.00 bits per heavy atom. The fraction of sp³-hybridized carbons (Fsp3) is 0.522. The molecule has 0 spiro atoms. The second kappa shape index (κ2) is 9.70. The van der Waals surface area contributed by atoms with Crippen LogP contribution in [-0.2, 0) is 14.4 Å². The Bertz CT molecular complexity index is 1010. The van der Waals surface area contributed by atoms with Crippen molar-refractivity contribution < 1.29 is 18.9 Å². The minimum Gasteiger partial charge on any atom is -0.339 e. The number of piperazine rings is 2. The van der Waals surface area contributed by atoms with Gasteiger partial charge in [-0.05, 0) is 20.8 Å². The lowest BCUT2D eigenvalue weighted by atomic mass is 10.1. The maximum Gasteiger partial charge on any atom is 0.312 e. The molecule has 0 N–H and O–H groups in total. The van der Waals surface area contributed by atoms with Gasteiger partial charge in [0.1, 0.15) is 6.54 Å². The van der Waals surface area contributed by atoms with Crippen LogP contribution in [0.4, 0.5) is 0 Å². The highest BCUT2D eigenvalue weighted by molar-refractivity contribution is 6.35. The van der Waals surface area contributed by atoms with Crippen LogP contribution in [0.2, 0.25) is 0 Å². The first-order valence-electron chi connectivity index (χ1n) is 11.4. The molecule has 1 atom stereocenters. The number of carbonyl (C=O) groups is 3. The summed E-state index contributed by atoms with van der Waals surface area (Å²) in [7, 11) is 0. The molecule has 0 saturated carbocycles. The van der Waals surface area contributed by atoms with Crippen molar-refractivity contribution in [3.63, 3.8) is 0 Å². The molecule has 2 aromatic rings. The van der Waals surface area contributed by atoms with Crippen molar-refractivity contribution in [2.45, 2.75) is 26.8 Å². The summed E-state index contributed by atoms with van der Waals surface area (Å²) < 4.78 is 5.52. The molecule has 33 heavy (non-hydrogen) atoms. The molecule has 0 bridgehead atoms. The van der Waals surface area contributed by atoms with Gasteiger partial charge in [-0.25, -0.2) is 0 Å². The van der Waals surface area contributed by atoms with Gasteiger partial charge in [0.25, 0.3) is 0 Å². The maximum absolute atomic E-state index is 12.7. The predicted octanol–water partition coefficient (Wildman–Crippen LogP) is 0.941. The van der Waals surface area contributed by atoms with Crippen LogP contribution >= 0.6 is 0 Å². The summed E-state index contributed by atoms with van der Waals surface area (Å²) in [5, 5.41) is 4.12. The van der Waals surface area contributed by atoms with Crippen molar-refractivity contribution in [2.24, 2.45) is 0 Å². The molecule has 10 heteroatoms. The number of amides is 3. The standard InChI is InChI=1S/C23H30N6O4/c1-4-26-9-14-29(23(32)22(26)31)15-19(30)28-12-10-27(11-13-28)17(3)21-24-20(25-33-21)18-7-5-16(2)6-8-18/h5-8,17H,4,9-15H2,1-3H3. The predicted molar refractivity (Wildman–Crippen MR) is 120 cm³/mol. The fourth-order valence-corrected chi connectivity index (χ4v) is 4.17. The first kappa shape index (κ1) is 22.9. The van der Waals surface area contributed by atoms with Gasteiger partial charge in [-0.1, -0.05) is 35.0 Å². The zero-order valence-electron chi connectivity index (χ0n) is 19.4. The Kier molecular flexibility index (Phi) is 6.73. The largest absolute Gasteiger partial charge is 0.339 e. The van der Waals surface area contributed by atoms with Crippen LogP contribution in [0.15, 0.2) is 28.8 Å². The number of carbonyl (C=O) groups excluding carboxylic acids is 3. The van der Waals surface area contributed by atoms with Crippen LogP contribution < -0.4 is 0 Å². The highest BCUT2D eigenvalue weighted by atomic mass is 16.5. The maximum atomic E-state index is 12.7. The smallest absolute Gasteiger partial charge is 0.312 e. The Balaban J connectivity index is 1.30. The number of benzene rings is 1. The number of aryl methyl sites for hydroxylation is 1. The molecule has 1 aromatic heterocycles. The molecular formula is C23H30N6O4. The number of likely N-dealkylation sites (N-methyl/N-ethyl adjacent to an activating group) is 1. The third-order valence-electron chi connectivity index (χ3n) is 6.43. The van der Waals surface area contributed by atoms with Gasteiger partial charge in [0.2, 0.25) is 17.6 Å². The zero-order chi connectivity index (χ0) is 23.5. The first-order valence-corrected chi connectivity index (χ1v) is 11.4. The molecule has 1 aromatic carbocycles. The highest BCUT2D eigenvalue weighted by Crippen LogP contribution is 2.24. The van der Waals surface area contributed by atoms with E-state index in [0.717, 1.165) is 5.56 Å². The molecule has 3 heterocycles. The first-order chi connectivity index (χ1) is 15.9. The van der Waals surface area contributed by atoms with E-state index in [1.807, 2.05) is 45.0 Å². The molecule has 1 unspecified atom stereocenters. The van der Waals surface area contributed by atoms with E-state index >= 15 is 0 Å². The molecule has 176 valence electrons. The minimum absolute atomic E-state index is 0.0543. The van der Waals surface area contributed by atoms with E-state index in [4.69, 9.17) is 4.52 Å². The van der Waals surface area contributed by atoms with Gasteiger partial charge >= 0.3 is 11.8 Å². The minimum atomic E-state index is -0.593. The summed E-state index contributed by atoms with van der Waals surface area (Å²) in [6, 6.07) is 7.89. The molecule has 2 fully saturated rings. The van der Waals surface area contributed by atoms with E-state index in [2.05, 4.69) is 15.0 Å². The Morgan fingerprint density at radius 3 is 2.30 bits per heavy atom. The lowest BCUT2D eigenvalue weighted by Gasteiger charge is -2.38. The summed E-state index contributed by atoms with van der Waals surface area (Å²) in [5.41, 5.74) is 2.08. The molecule has 2 aliphatic rings. The molecule has 0 aliphatic carbocycles. The van der Waals surface area contributed by atoms with E-state index in [9.17, 15) is 14.4 Å². The summed E-state index contributed by atoms with van der Waals surface area (Å²) in [6.45, 7) is 9.58. The van der Waals surface area contributed by atoms with Crippen molar-refractivity contribution in [1.82, 2.24) is 29.7 Å². The van der Waals surface area contributed by atoms with Crippen LogP contribution in [0, 0.1) is 6.92 Å². The van der Waals surface area contributed by atoms with Crippen molar-refractivity contribution in [3.05, 3.63) is 35.7 Å². The van der Waals surface area contributed by atoms with Gasteiger partial charge in [0.05, 0.1) is 6.04 Å². The SMILES string of the molecule is CCN1CCN(CC(=O)N2CCN(C(C)c3nc(-c4ccc(C)cc4)no3)CC2)C(=O)C1=O. The van der Waals surface area contributed by atoms with Crippen molar-refractivity contribution in [3.8, 4) is 11.4 Å². The van der Waals surface area contributed by atoms with Crippen molar-refractivity contribution in [1.29, 1.82) is 0 Å². The van der Waals surface area contributed by atoms with Crippen molar-refractivity contribution >= 4 is 17.7 Å². The fourth-order valence-electron chi connectivity index (χ4n) is 4.17. The zero-order valence-corrected chi connectivity index (χ0v) is 19.4. The van der Waals surface area contributed by atoms with Gasteiger partial charge in [-0.2, -0.15) is 4.98 Å². The lowest BCUT2D eigenvalue weighted by Crippen LogP contribution is -2.57. The van der Waals surface area contributed by atoms with Crippen molar-refractivity contribution in [2.75, 3.05) is 52.4 Å². The van der Waals surface area contributed by atoms with E-state index < -0.39 is 11.8 Å². The molecule has 2 saturated heterocycles. The number of aromatic nitrogens is 2. The quantitative estimate of drug-likeness (QED) is 0.599. The summed E-state index contributed by atoms with van der Waals surface area (Å²) in [4.78, 5) is 48.5. The third-order valence-corrected chi connectivity index (χ3v) is 6.43. The number of rotatable bonds is 6.